The average molecular weight is 391 g/mol. The minimum atomic E-state index is 0.134. The van der Waals surface area contributed by atoms with E-state index in [1.54, 1.807) is 19.4 Å². The minimum Gasteiger partial charge on any atom is -0.497 e. The second-order valence-electron chi connectivity index (χ2n) is 6.33. The second kappa shape index (κ2) is 9.28. The normalized spacial score (nSPS) is 17.6. The summed E-state index contributed by atoms with van der Waals surface area (Å²) < 4.78 is 5.25. The van der Waals surface area contributed by atoms with Crippen molar-refractivity contribution in [2.24, 2.45) is 0 Å². The molecule has 0 N–H and O–H groups in total. The topological polar surface area (TPSA) is 42.4 Å². The Bertz CT molecular complexity index is 722. The third-order valence-electron chi connectivity index (χ3n) is 4.62. The van der Waals surface area contributed by atoms with Gasteiger partial charge in [-0.15, -0.1) is 0 Å². The number of methoxy groups -OCH3 is 1. The summed E-state index contributed by atoms with van der Waals surface area (Å²) in [6, 6.07) is 11.9. The molecule has 3 rings (SSSR count). The molecule has 0 radical (unpaired) electrons. The molecule has 1 aromatic carbocycles. The monoisotopic (exact) mass is 390 g/mol. The molecule has 2 aromatic rings. The molecule has 0 aliphatic carbocycles. The van der Waals surface area contributed by atoms with E-state index in [1.807, 2.05) is 23.1 Å². The summed E-state index contributed by atoms with van der Waals surface area (Å²) in [6.07, 6.45) is 5.99. The molecular weight excluding hydrogens is 368 g/mol. The first-order chi connectivity index (χ1) is 12.7. The number of amides is 1. The van der Waals surface area contributed by atoms with Crippen LogP contribution in [0, 0.1) is 0 Å². The summed E-state index contributed by atoms with van der Waals surface area (Å²) in [6.45, 7) is 0.810. The van der Waals surface area contributed by atoms with Crippen LogP contribution in [0.2, 0.25) is 5.02 Å². The van der Waals surface area contributed by atoms with Crippen LogP contribution >= 0.6 is 23.4 Å². The highest BCUT2D eigenvalue weighted by Crippen LogP contribution is 2.32. The first-order valence-corrected chi connectivity index (χ1v) is 10.2. The maximum absolute atomic E-state index is 12.9. The highest BCUT2D eigenvalue weighted by atomic mass is 35.5. The number of nitrogens with zero attached hydrogens (tertiary/aromatic N) is 2. The van der Waals surface area contributed by atoms with Crippen LogP contribution in [0.5, 0.6) is 5.75 Å². The number of carbonyl (C=O) groups is 1. The quantitative estimate of drug-likeness (QED) is 0.675. The number of ether oxygens (including phenoxy) is 1. The smallest absolute Gasteiger partial charge is 0.233 e. The van der Waals surface area contributed by atoms with Crippen molar-refractivity contribution in [1.82, 2.24) is 9.88 Å². The van der Waals surface area contributed by atoms with Crippen molar-refractivity contribution in [2.75, 3.05) is 19.4 Å². The molecular formula is C20H23ClN2O2S. The zero-order valence-electron chi connectivity index (χ0n) is 14.9. The number of halogens is 1. The molecule has 0 saturated carbocycles. The number of pyridine rings is 1. The number of carbonyl (C=O) groups excluding carboxylic acids is 1. The van der Waals surface area contributed by atoms with Gasteiger partial charge in [-0.3, -0.25) is 4.79 Å². The molecule has 1 amide bonds. The molecule has 1 saturated heterocycles. The lowest BCUT2D eigenvalue weighted by atomic mass is 10.0. The average Bonchev–Trinajstić information content (AvgIpc) is 2.93. The Morgan fingerprint density at radius 2 is 2.04 bits per heavy atom. The van der Waals surface area contributed by atoms with E-state index in [1.165, 1.54) is 23.7 Å². The molecule has 138 valence electrons. The van der Waals surface area contributed by atoms with Gasteiger partial charge in [0.25, 0.3) is 0 Å². The molecule has 26 heavy (non-hydrogen) atoms. The van der Waals surface area contributed by atoms with E-state index in [-0.39, 0.29) is 11.9 Å². The highest BCUT2D eigenvalue weighted by molar-refractivity contribution is 7.99. The lowest BCUT2D eigenvalue weighted by molar-refractivity contribution is -0.130. The zero-order valence-corrected chi connectivity index (χ0v) is 16.4. The number of hydrogen-bond donors (Lipinski definition) is 0. The Balaban J connectivity index is 1.70. The van der Waals surface area contributed by atoms with Crippen molar-refractivity contribution in [3.63, 3.8) is 0 Å². The summed E-state index contributed by atoms with van der Waals surface area (Å²) in [7, 11) is 1.67. The Morgan fingerprint density at radius 3 is 2.73 bits per heavy atom. The molecule has 0 spiro atoms. The summed E-state index contributed by atoms with van der Waals surface area (Å²) in [5, 5.41) is 1.42. The van der Waals surface area contributed by atoms with E-state index in [2.05, 4.69) is 17.1 Å². The highest BCUT2D eigenvalue weighted by Gasteiger charge is 2.26. The molecule has 1 aliphatic rings. The SMILES string of the molecule is COc1ccc(C2CCCCCN2C(=O)CSc2ccc(Cl)cn2)cc1. The van der Waals surface area contributed by atoms with Gasteiger partial charge in [-0.1, -0.05) is 48.3 Å². The van der Waals surface area contributed by atoms with Crippen LogP contribution in [0.25, 0.3) is 0 Å². The van der Waals surface area contributed by atoms with Gasteiger partial charge in [0, 0.05) is 12.7 Å². The van der Waals surface area contributed by atoms with Crippen molar-refractivity contribution in [2.45, 2.75) is 36.8 Å². The molecule has 1 atom stereocenters. The summed E-state index contributed by atoms with van der Waals surface area (Å²) in [5.74, 6) is 1.39. The van der Waals surface area contributed by atoms with Crippen molar-refractivity contribution >= 4 is 29.3 Å². The van der Waals surface area contributed by atoms with Crippen LogP contribution in [0.1, 0.15) is 37.3 Å². The fourth-order valence-electron chi connectivity index (χ4n) is 3.25. The third-order valence-corrected chi connectivity index (χ3v) is 5.77. The number of thioether (sulfide) groups is 1. The summed E-state index contributed by atoms with van der Waals surface area (Å²) in [5.41, 5.74) is 1.18. The van der Waals surface area contributed by atoms with Gasteiger partial charge in [0.05, 0.1) is 29.0 Å². The van der Waals surface area contributed by atoms with Crippen molar-refractivity contribution in [1.29, 1.82) is 0 Å². The third kappa shape index (κ3) is 4.92. The summed E-state index contributed by atoms with van der Waals surface area (Å²) in [4.78, 5) is 19.2. The van der Waals surface area contributed by atoms with E-state index in [0.717, 1.165) is 36.6 Å². The predicted molar refractivity (Wildman–Crippen MR) is 106 cm³/mol. The standard InChI is InChI=1S/C20H23ClN2O2S/c1-25-17-9-6-15(7-10-17)18-5-3-2-4-12-23(18)20(24)14-26-19-11-8-16(21)13-22-19/h6-11,13,18H,2-5,12,14H2,1H3. The number of hydrogen-bond acceptors (Lipinski definition) is 4. The lowest BCUT2D eigenvalue weighted by Gasteiger charge is -2.30. The fraction of sp³-hybridized carbons (Fsp3) is 0.400. The number of aromatic nitrogens is 1. The van der Waals surface area contributed by atoms with Crippen LogP contribution in [-0.2, 0) is 4.79 Å². The van der Waals surface area contributed by atoms with E-state index in [9.17, 15) is 4.79 Å². The van der Waals surface area contributed by atoms with Gasteiger partial charge < -0.3 is 9.64 Å². The predicted octanol–water partition coefficient (Wildman–Crippen LogP) is 4.98. The van der Waals surface area contributed by atoms with E-state index < -0.39 is 0 Å². The van der Waals surface area contributed by atoms with E-state index >= 15 is 0 Å². The number of benzene rings is 1. The maximum Gasteiger partial charge on any atom is 0.233 e. The van der Waals surface area contributed by atoms with Crippen LogP contribution in [-0.4, -0.2) is 35.2 Å². The lowest BCUT2D eigenvalue weighted by Crippen LogP contribution is -2.36. The van der Waals surface area contributed by atoms with Crippen LogP contribution in [0.4, 0.5) is 0 Å². The maximum atomic E-state index is 12.9. The van der Waals surface area contributed by atoms with E-state index in [4.69, 9.17) is 16.3 Å². The van der Waals surface area contributed by atoms with Gasteiger partial charge in [-0.25, -0.2) is 4.98 Å². The number of rotatable bonds is 5. The Hall–Kier alpha value is -1.72. The molecule has 1 aromatic heterocycles. The van der Waals surface area contributed by atoms with Crippen LogP contribution < -0.4 is 4.74 Å². The first-order valence-electron chi connectivity index (χ1n) is 8.85. The molecule has 1 aliphatic heterocycles. The van der Waals surface area contributed by atoms with Crippen molar-refractivity contribution in [3.8, 4) is 5.75 Å². The Kier molecular flexibility index (Phi) is 6.80. The fourth-order valence-corrected chi connectivity index (χ4v) is 4.09. The molecule has 1 unspecified atom stereocenters. The summed E-state index contributed by atoms with van der Waals surface area (Å²) >= 11 is 7.33. The van der Waals surface area contributed by atoms with Crippen molar-refractivity contribution in [3.05, 3.63) is 53.2 Å². The molecule has 6 heteroatoms. The molecule has 2 heterocycles. The number of likely N-dealkylation sites (tertiary alicyclic amines) is 1. The molecule has 0 bridgehead atoms. The second-order valence-corrected chi connectivity index (χ2v) is 7.76. The van der Waals surface area contributed by atoms with Gasteiger partial charge in [0.15, 0.2) is 0 Å². The Morgan fingerprint density at radius 1 is 1.23 bits per heavy atom. The van der Waals surface area contributed by atoms with Crippen LogP contribution in [0.15, 0.2) is 47.6 Å². The van der Waals surface area contributed by atoms with E-state index in [0.29, 0.717) is 10.8 Å². The van der Waals surface area contributed by atoms with Gasteiger partial charge >= 0.3 is 0 Å². The van der Waals surface area contributed by atoms with Gasteiger partial charge in [-0.2, -0.15) is 0 Å². The first kappa shape index (κ1) is 19.1. The van der Waals surface area contributed by atoms with Gasteiger partial charge in [-0.05, 0) is 42.7 Å². The zero-order chi connectivity index (χ0) is 18.4. The van der Waals surface area contributed by atoms with Crippen molar-refractivity contribution < 1.29 is 9.53 Å². The van der Waals surface area contributed by atoms with Gasteiger partial charge in [0.2, 0.25) is 5.91 Å². The molecule has 4 nitrogen and oxygen atoms in total. The molecule has 1 fully saturated rings. The van der Waals surface area contributed by atoms with Crippen LogP contribution in [0.3, 0.4) is 0 Å². The minimum absolute atomic E-state index is 0.134. The largest absolute Gasteiger partial charge is 0.497 e. The van der Waals surface area contributed by atoms with Gasteiger partial charge in [0.1, 0.15) is 5.75 Å². The Labute approximate surface area is 163 Å².